The summed E-state index contributed by atoms with van der Waals surface area (Å²) in [4.78, 5) is 12.4. The number of carbonyl (C=O) groups excluding carboxylic acids is 1. The van der Waals surface area contributed by atoms with Gasteiger partial charge in [0.05, 0.1) is 13.7 Å². The molecular formula is C20H26N2O5S. The molecule has 152 valence electrons. The molecule has 0 aromatic heterocycles. The van der Waals surface area contributed by atoms with Crippen molar-refractivity contribution >= 4 is 15.9 Å². The van der Waals surface area contributed by atoms with Gasteiger partial charge in [0, 0.05) is 32.8 Å². The van der Waals surface area contributed by atoms with Gasteiger partial charge in [0.25, 0.3) is 5.91 Å². The van der Waals surface area contributed by atoms with Crippen molar-refractivity contribution in [2.45, 2.75) is 25.0 Å². The first-order valence-corrected chi connectivity index (χ1v) is 10.3. The molecule has 0 spiro atoms. The molecule has 0 heterocycles. The number of amides is 1. The predicted octanol–water partition coefficient (Wildman–Crippen LogP) is 2.41. The van der Waals surface area contributed by atoms with Crippen molar-refractivity contribution in [2.75, 3.05) is 27.8 Å². The Hall–Kier alpha value is -2.42. The minimum atomic E-state index is -3.74. The van der Waals surface area contributed by atoms with E-state index in [2.05, 4.69) is 5.32 Å². The minimum Gasteiger partial charge on any atom is -0.495 e. The number of sulfonamides is 1. The largest absolute Gasteiger partial charge is 0.495 e. The number of nitrogens with one attached hydrogen (secondary N) is 1. The second-order valence-electron chi connectivity index (χ2n) is 6.29. The second-order valence-corrected chi connectivity index (χ2v) is 8.41. The fourth-order valence-corrected chi connectivity index (χ4v) is 3.55. The molecule has 1 amide bonds. The van der Waals surface area contributed by atoms with Crippen LogP contribution in [0.4, 0.5) is 0 Å². The molecule has 0 saturated heterocycles. The zero-order valence-corrected chi connectivity index (χ0v) is 17.4. The maximum absolute atomic E-state index is 12.5. The zero-order chi connectivity index (χ0) is 20.7. The van der Waals surface area contributed by atoms with Gasteiger partial charge < -0.3 is 14.8 Å². The number of hydrogen-bond donors (Lipinski definition) is 1. The van der Waals surface area contributed by atoms with Crippen LogP contribution in [0.2, 0.25) is 0 Å². The van der Waals surface area contributed by atoms with Crippen molar-refractivity contribution in [3.05, 3.63) is 59.2 Å². The lowest BCUT2D eigenvalue weighted by atomic mass is 10.1. The van der Waals surface area contributed by atoms with Crippen molar-refractivity contribution in [2.24, 2.45) is 0 Å². The van der Waals surface area contributed by atoms with Gasteiger partial charge in [0.2, 0.25) is 10.0 Å². The first kappa shape index (κ1) is 21.9. The summed E-state index contributed by atoms with van der Waals surface area (Å²) in [6.45, 7) is 3.48. The first-order valence-electron chi connectivity index (χ1n) is 8.84. The normalized spacial score (nSPS) is 11.5. The Kier molecular flexibility index (Phi) is 7.56. The van der Waals surface area contributed by atoms with E-state index in [1.54, 1.807) is 0 Å². The monoisotopic (exact) mass is 406 g/mol. The van der Waals surface area contributed by atoms with Crippen molar-refractivity contribution in [3.63, 3.8) is 0 Å². The van der Waals surface area contributed by atoms with Crippen LogP contribution in [0.3, 0.4) is 0 Å². The van der Waals surface area contributed by atoms with Gasteiger partial charge in [-0.25, -0.2) is 12.7 Å². The maximum atomic E-state index is 12.5. The van der Waals surface area contributed by atoms with E-state index in [9.17, 15) is 13.2 Å². The Bertz CT molecular complexity index is 909. The SMILES string of the molecule is CCOCc1ccc(CNC(=O)c2ccc(OC)c(S(=O)(=O)N(C)C)c2)cc1. The van der Waals surface area contributed by atoms with E-state index in [-0.39, 0.29) is 22.1 Å². The van der Waals surface area contributed by atoms with Crippen LogP contribution in [0.15, 0.2) is 47.4 Å². The van der Waals surface area contributed by atoms with Gasteiger partial charge in [-0.15, -0.1) is 0 Å². The highest BCUT2D eigenvalue weighted by Gasteiger charge is 2.23. The summed E-state index contributed by atoms with van der Waals surface area (Å²) >= 11 is 0. The molecule has 0 aliphatic carbocycles. The van der Waals surface area contributed by atoms with Gasteiger partial charge in [-0.1, -0.05) is 24.3 Å². The minimum absolute atomic E-state index is 0.0482. The molecule has 2 aromatic rings. The molecule has 0 aliphatic rings. The Labute approximate surface area is 166 Å². The number of ether oxygens (including phenoxy) is 2. The van der Waals surface area contributed by atoms with Crippen LogP contribution in [0.5, 0.6) is 5.75 Å². The van der Waals surface area contributed by atoms with E-state index >= 15 is 0 Å². The number of methoxy groups -OCH3 is 1. The Morgan fingerprint density at radius 3 is 2.29 bits per heavy atom. The summed E-state index contributed by atoms with van der Waals surface area (Å²) in [5.74, 6) is -0.175. The highest BCUT2D eigenvalue weighted by molar-refractivity contribution is 7.89. The summed E-state index contributed by atoms with van der Waals surface area (Å²) < 4.78 is 36.5. The summed E-state index contributed by atoms with van der Waals surface area (Å²) in [5, 5.41) is 2.80. The van der Waals surface area contributed by atoms with Gasteiger partial charge in [-0.05, 0) is 36.2 Å². The molecule has 0 radical (unpaired) electrons. The fourth-order valence-electron chi connectivity index (χ4n) is 2.47. The van der Waals surface area contributed by atoms with Gasteiger partial charge in [-0.2, -0.15) is 0 Å². The Morgan fingerprint density at radius 1 is 1.07 bits per heavy atom. The smallest absolute Gasteiger partial charge is 0.251 e. The highest BCUT2D eigenvalue weighted by atomic mass is 32.2. The van der Waals surface area contributed by atoms with E-state index in [1.807, 2.05) is 31.2 Å². The van der Waals surface area contributed by atoms with Crippen LogP contribution < -0.4 is 10.1 Å². The molecule has 0 saturated carbocycles. The van der Waals surface area contributed by atoms with Crippen LogP contribution in [-0.2, 0) is 27.9 Å². The van der Waals surface area contributed by atoms with Crippen LogP contribution in [0.1, 0.15) is 28.4 Å². The van der Waals surface area contributed by atoms with Crippen molar-refractivity contribution in [3.8, 4) is 5.75 Å². The summed E-state index contributed by atoms with van der Waals surface area (Å²) in [5.41, 5.74) is 2.24. The maximum Gasteiger partial charge on any atom is 0.251 e. The quantitative estimate of drug-likeness (QED) is 0.691. The summed E-state index contributed by atoms with van der Waals surface area (Å²) in [6, 6.07) is 12.1. The number of rotatable bonds is 9. The van der Waals surface area contributed by atoms with E-state index in [1.165, 1.54) is 39.4 Å². The van der Waals surface area contributed by atoms with Crippen molar-refractivity contribution < 1.29 is 22.7 Å². The molecular weight excluding hydrogens is 380 g/mol. The Balaban J connectivity index is 2.12. The van der Waals surface area contributed by atoms with Gasteiger partial charge in [0.1, 0.15) is 10.6 Å². The van der Waals surface area contributed by atoms with E-state index in [0.717, 1.165) is 15.4 Å². The summed E-state index contributed by atoms with van der Waals surface area (Å²) in [7, 11) is 0.504. The van der Waals surface area contributed by atoms with Crippen LogP contribution >= 0.6 is 0 Å². The first-order chi connectivity index (χ1) is 13.3. The second kappa shape index (κ2) is 9.68. The topological polar surface area (TPSA) is 84.9 Å². The van der Waals surface area contributed by atoms with E-state index in [4.69, 9.17) is 9.47 Å². The molecule has 1 N–H and O–H groups in total. The van der Waals surface area contributed by atoms with Gasteiger partial charge in [-0.3, -0.25) is 4.79 Å². The average molecular weight is 407 g/mol. The number of nitrogens with zero attached hydrogens (tertiary/aromatic N) is 1. The zero-order valence-electron chi connectivity index (χ0n) is 16.6. The average Bonchev–Trinajstić information content (AvgIpc) is 2.70. The molecule has 7 nitrogen and oxygen atoms in total. The van der Waals surface area contributed by atoms with Crippen molar-refractivity contribution in [1.82, 2.24) is 9.62 Å². The summed E-state index contributed by atoms with van der Waals surface area (Å²) in [6.07, 6.45) is 0. The van der Waals surface area contributed by atoms with Crippen LogP contribution in [0.25, 0.3) is 0 Å². The fraction of sp³-hybridized carbons (Fsp3) is 0.350. The third-order valence-corrected chi connectivity index (χ3v) is 5.97. The third kappa shape index (κ3) is 5.31. The lowest BCUT2D eigenvalue weighted by Gasteiger charge is -2.15. The third-order valence-electron chi connectivity index (χ3n) is 4.13. The van der Waals surface area contributed by atoms with E-state index < -0.39 is 10.0 Å². The standard InChI is InChI=1S/C20H26N2O5S/c1-5-27-14-16-8-6-15(7-9-16)13-21-20(23)17-10-11-18(26-4)19(12-17)28(24,25)22(2)3/h6-12H,5,13-14H2,1-4H3,(H,21,23). The van der Waals surface area contributed by atoms with Gasteiger partial charge >= 0.3 is 0 Å². The lowest BCUT2D eigenvalue weighted by molar-refractivity contribution is 0.0950. The number of carbonyl (C=O) groups is 1. The van der Waals surface area contributed by atoms with Gasteiger partial charge in [0.15, 0.2) is 0 Å². The van der Waals surface area contributed by atoms with Crippen LogP contribution in [0, 0.1) is 0 Å². The molecule has 2 aromatic carbocycles. The van der Waals surface area contributed by atoms with E-state index in [0.29, 0.717) is 19.8 Å². The molecule has 0 bridgehead atoms. The Morgan fingerprint density at radius 2 is 1.71 bits per heavy atom. The number of hydrogen-bond acceptors (Lipinski definition) is 5. The molecule has 0 aliphatic heterocycles. The van der Waals surface area contributed by atoms with Crippen molar-refractivity contribution in [1.29, 1.82) is 0 Å². The molecule has 0 unspecified atom stereocenters. The molecule has 28 heavy (non-hydrogen) atoms. The molecule has 0 fully saturated rings. The predicted molar refractivity (Wildman–Crippen MR) is 107 cm³/mol. The number of benzene rings is 2. The highest BCUT2D eigenvalue weighted by Crippen LogP contribution is 2.26. The van der Waals surface area contributed by atoms with Crippen LogP contribution in [-0.4, -0.2) is 46.4 Å². The molecule has 2 rings (SSSR count). The molecule has 8 heteroatoms. The molecule has 0 atom stereocenters. The lowest BCUT2D eigenvalue weighted by Crippen LogP contribution is -2.25.